The summed E-state index contributed by atoms with van der Waals surface area (Å²) in [6.45, 7) is 3.21. The predicted octanol–water partition coefficient (Wildman–Crippen LogP) is 3.67. The number of hydrogen-bond donors (Lipinski definition) is 1. The molecule has 3 rings (SSSR count). The molecule has 22 heavy (non-hydrogen) atoms. The number of nitrogens with zero attached hydrogens (tertiary/aromatic N) is 1. The van der Waals surface area contributed by atoms with Crippen molar-refractivity contribution in [2.75, 3.05) is 19.6 Å². The van der Waals surface area contributed by atoms with E-state index in [1.165, 1.54) is 38.8 Å². The van der Waals surface area contributed by atoms with Gasteiger partial charge in [-0.15, -0.1) is 0 Å². The average Bonchev–Trinajstić information content (AvgIpc) is 2.95. The van der Waals surface area contributed by atoms with Crippen LogP contribution in [-0.2, 0) is 4.79 Å². The van der Waals surface area contributed by atoms with Crippen molar-refractivity contribution in [2.45, 2.75) is 32.1 Å². The molecule has 0 aromatic heterocycles. The van der Waals surface area contributed by atoms with Crippen LogP contribution in [0.4, 0.5) is 0 Å². The van der Waals surface area contributed by atoms with E-state index in [0.29, 0.717) is 12.0 Å². The molecular weight excluding hydrogens is 274 g/mol. The van der Waals surface area contributed by atoms with Crippen LogP contribution < -0.4 is 0 Å². The van der Waals surface area contributed by atoms with E-state index >= 15 is 0 Å². The second-order valence-electron chi connectivity index (χ2n) is 6.70. The molecule has 1 saturated carbocycles. The molecule has 3 nitrogen and oxygen atoms in total. The molecule has 1 aromatic carbocycles. The molecule has 3 heteroatoms. The number of carboxylic acid groups (broad SMARTS) is 1. The van der Waals surface area contributed by atoms with Crippen molar-refractivity contribution in [3.8, 4) is 0 Å². The third-order valence-corrected chi connectivity index (χ3v) is 5.16. The second kappa shape index (κ2) is 7.10. The van der Waals surface area contributed by atoms with E-state index in [1.807, 2.05) is 36.4 Å². The van der Waals surface area contributed by atoms with Crippen molar-refractivity contribution in [3.05, 3.63) is 41.5 Å². The lowest BCUT2D eigenvalue weighted by Crippen LogP contribution is -2.23. The maximum Gasteiger partial charge on any atom is 0.331 e. The minimum Gasteiger partial charge on any atom is -0.478 e. The average molecular weight is 299 g/mol. The Morgan fingerprint density at radius 2 is 1.77 bits per heavy atom. The molecule has 0 spiro atoms. The molecule has 2 unspecified atom stereocenters. The Bertz CT molecular complexity index is 524. The number of hydrogen-bond acceptors (Lipinski definition) is 2. The van der Waals surface area contributed by atoms with E-state index in [-0.39, 0.29) is 0 Å². The highest BCUT2D eigenvalue weighted by Gasteiger charge is 2.33. The first-order valence-electron chi connectivity index (χ1n) is 8.43. The first-order valence-corrected chi connectivity index (χ1v) is 8.43. The number of aliphatic carboxylic acids is 1. The zero-order chi connectivity index (χ0) is 15.4. The molecule has 2 atom stereocenters. The van der Waals surface area contributed by atoms with Gasteiger partial charge in [-0.2, -0.15) is 0 Å². The molecule has 0 radical (unpaired) electrons. The smallest absolute Gasteiger partial charge is 0.331 e. The summed E-state index contributed by atoms with van der Waals surface area (Å²) < 4.78 is 0. The lowest BCUT2D eigenvalue weighted by molar-refractivity contribution is -0.132. The van der Waals surface area contributed by atoms with Gasteiger partial charge in [-0.3, -0.25) is 0 Å². The summed E-state index contributed by atoms with van der Waals surface area (Å²) in [4.78, 5) is 13.9. The topological polar surface area (TPSA) is 40.5 Å². The number of likely N-dealkylation sites (tertiary alicyclic amines) is 1. The van der Waals surface area contributed by atoms with Crippen molar-refractivity contribution < 1.29 is 9.90 Å². The summed E-state index contributed by atoms with van der Waals surface area (Å²) in [5, 5.41) is 9.43. The van der Waals surface area contributed by atoms with Crippen molar-refractivity contribution in [3.63, 3.8) is 0 Å². The number of rotatable bonds is 5. The van der Waals surface area contributed by atoms with Gasteiger partial charge in [0.15, 0.2) is 0 Å². The molecular formula is C19H25NO2. The summed E-state index contributed by atoms with van der Waals surface area (Å²) in [5.74, 6) is 0.931. The maximum atomic E-state index is 11.5. The standard InChI is InChI=1S/C19H25NO2/c21-19(22)16(12-15-6-2-1-3-7-15)10-11-20-13-17-8-4-5-9-18(17)14-20/h1-3,6-7,12,17-18H,4-5,8-11,13-14H2,(H,21,22). The van der Waals surface area contributed by atoms with Gasteiger partial charge in [0.25, 0.3) is 0 Å². The van der Waals surface area contributed by atoms with E-state index < -0.39 is 5.97 Å². The van der Waals surface area contributed by atoms with Gasteiger partial charge in [0, 0.05) is 25.2 Å². The quantitative estimate of drug-likeness (QED) is 0.843. The zero-order valence-corrected chi connectivity index (χ0v) is 13.1. The van der Waals surface area contributed by atoms with Gasteiger partial charge < -0.3 is 10.0 Å². The minimum absolute atomic E-state index is 0.515. The number of carbonyl (C=O) groups is 1. The zero-order valence-electron chi connectivity index (χ0n) is 13.1. The normalized spacial score (nSPS) is 25.9. The summed E-state index contributed by atoms with van der Waals surface area (Å²) in [6.07, 6.45) is 7.93. The molecule has 1 heterocycles. The van der Waals surface area contributed by atoms with Gasteiger partial charge in [-0.25, -0.2) is 4.79 Å². The highest BCUT2D eigenvalue weighted by molar-refractivity contribution is 5.92. The van der Waals surface area contributed by atoms with Crippen molar-refractivity contribution in [1.82, 2.24) is 4.90 Å². The van der Waals surface area contributed by atoms with Crippen LogP contribution in [0.15, 0.2) is 35.9 Å². The van der Waals surface area contributed by atoms with E-state index in [4.69, 9.17) is 0 Å². The lowest BCUT2D eigenvalue weighted by atomic mass is 9.82. The molecule has 1 saturated heterocycles. The monoisotopic (exact) mass is 299 g/mol. The predicted molar refractivity (Wildman–Crippen MR) is 88.6 cm³/mol. The van der Waals surface area contributed by atoms with E-state index in [0.717, 1.165) is 23.9 Å². The maximum absolute atomic E-state index is 11.5. The van der Waals surface area contributed by atoms with Crippen LogP contribution in [0.2, 0.25) is 0 Å². The molecule has 1 aliphatic carbocycles. The Balaban J connectivity index is 1.58. The summed E-state index contributed by atoms with van der Waals surface area (Å²) in [6, 6.07) is 9.73. The Hall–Kier alpha value is -1.61. The van der Waals surface area contributed by atoms with Gasteiger partial charge in [-0.05, 0) is 42.7 Å². The van der Waals surface area contributed by atoms with Crippen molar-refractivity contribution in [1.29, 1.82) is 0 Å². The lowest BCUT2D eigenvalue weighted by Gasteiger charge is -2.23. The fourth-order valence-electron chi connectivity index (χ4n) is 3.96. The SMILES string of the molecule is O=C(O)C(=Cc1ccccc1)CCN1CC2CCCCC2C1. The van der Waals surface area contributed by atoms with Crippen LogP contribution in [0, 0.1) is 11.8 Å². The van der Waals surface area contributed by atoms with E-state index in [9.17, 15) is 9.90 Å². The van der Waals surface area contributed by atoms with Gasteiger partial charge in [-0.1, -0.05) is 43.2 Å². The van der Waals surface area contributed by atoms with Crippen molar-refractivity contribution >= 4 is 12.0 Å². The first kappa shape index (κ1) is 15.3. The molecule has 1 aromatic rings. The van der Waals surface area contributed by atoms with Gasteiger partial charge in [0.2, 0.25) is 0 Å². The number of carboxylic acids is 1. The van der Waals surface area contributed by atoms with Gasteiger partial charge in [0.05, 0.1) is 0 Å². The third-order valence-electron chi connectivity index (χ3n) is 5.16. The fraction of sp³-hybridized carbons (Fsp3) is 0.526. The molecule has 2 aliphatic rings. The van der Waals surface area contributed by atoms with Crippen LogP contribution >= 0.6 is 0 Å². The molecule has 0 bridgehead atoms. The van der Waals surface area contributed by atoms with Crippen LogP contribution in [0.5, 0.6) is 0 Å². The first-order chi connectivity index (χ1) is 10.7. The fourth-order valence-corrected chi connectivity index (χ4v) is 3.96. The van der Waals surface area contributed by atoms with E-state index in [2.05, 4.69) is 4.90 Å². The number of fused-ring (bicyclic) bond motifs is 1. The van der Waals surface area contributed by atoms with E-state index in [1.54, 1.807) is 0 Å². The summed E-state index contributed by atoms with van der Waals surface area (Å²) >= 11 is 0. The summed E-state index contributed by atoms with van der Waals surface area (Å²) in [5.41, 5.74) is 1.48. The Morgan fingerprint density at radius 1 is 1.14 bits per heavy atom. The molecule has 118 valence electrons. The Morgan fingerprint density at radius 3 is 2.36 bits per heavy atom. The molecule has 2 fully saturated rings. The van der Waals surface area contributed by atoms with Crippen LogP contribution in [-0.4, -0.2) is 35.6 Å². The van der Waals surface area contributed by atoms with Crippen LogP contribution in [0.25, 0.3) is 6.08 Å². The highest BCUT2D eigenvalue weighted by Crippen LogP contribution is 2.36. The largest absolute Gasteiger partial charge is 0.478 e. The summed E-state index contributed by atoms with van der Waals surface area (Å²) in [7, 11) is 0. The number of benzene rings is 1. The second-order valence-corrected chi connectivity index (χ2v) is 6.70. The third kappa shape index (κ3) is 3.77. The minimum atomic E-state index is -0.791. The molecule has 1 aliphatic heterocycles. The van der Waals surface area contributed by atoms with Crippen molar-refractivity contribution in [2.24, 2.45) is 11.8 Å². The highest BCUT2D eigenvalue weighted by atomic mass is 16.4. The van der Waals surface area contributed by atoms with Crippen LogP contribution in [0.3, 0.4) is 0 Å². The molecule has 0 amide bonds. The Labute approximate surface area is 132 Å². The van der Waals surface area contributed by atoms with Gasteiger partial charge >= 0.3 is 5.97 Å². The van der Waals surface area contributed by atoms with Crippen LogP contribution in [0.1, 0.15) is 37.7 Å². The Kier molecular flexibility index (Phi) is 4.94. The molecule has 1 N–H and O–H groups in total. The van der Waals surface area contributed by atoms with Gasteiger partial charge in [0.1, 0.15) is 0 Å².